The largest absolute Gasteiger partial charge is 0.452 e. The molecule has 0 fully saturated rings. The van der Waals surface area contributed by atoms with E-state index in [-0.39, 0.29) is 11.1 Å². The van der Waals surface area contributed by atoms with Gasteiger partial charge in [-0.1, -0.05) is 24.3 Å². The van der Waals surface area contributed by atoms with Gasteiger partial charge in [0.05, 0.1) is 6.04 Å². The fraction of sp³-hybridized carbons (Fsp3) is 0.158. The molecule has 1 atom stereocenters. The van der Waals surface area contributed by atoms with Crippen molar-refractivity contribution in [2.75, 3.05) is 6.61 Å². The third-order valence-electron chi connectivity index (χ3n) is 3.46. The van der Waals surface area contributed by atoms with E-state index in [1.54, 1.807) is 6.07 Å². The molecular weight excluding hydrogens is 347 g/mol. The molecule has 26 heavy (non-hydrogen) atoms. The van der Waals surface area contributed by atoms with Crippen LogP contribution in [0.2, 0.25) is 0 Å². The molecule has 0 saturated carbocycles. The van der Waals surface area contributed by atoms with Crippen LogP contribution in [0.25, 0.3) is 6.08 Å². The van der Waals surface area contributed by atoms with Gasteiger partial charge in [0.2, 0.25) is 0 Å². The van der Waals surface area contributed by atoms with Gasteiger partial charge in [-0.25, -0.2) is 18.0 Å². The van der Waals surface area contributed by atoms with Crippen LogP contribution in [0.1, 0.15) is 24.1 Å². The second-order valence-corrected chi connectivity index (χ2v) is 5.42. The van der Waals surface area contributed by atoms with Crippen molar-refractivity contribution >= 4 is 18.0 Å². The molecule has 1 N–H and O–H groups in total. The number of hydrogen-bond acceptors (Lipinski definition) is 3. The first-order valence-corrected chi connectivity index (χ1v) is 7.70. The molecule has 0 unspecified atom stereocenters. The number of benzene rings is 2. The van der Waals surface area contributed by atoms with Gasteiger partial charge in [0, 0.05) is 23.3 Å². The Balaban J connectivity index is 1.84. The molecule has 0 spiro atoms. The lowest BCUT2D eigenvalue weighted by atomic mass is 10.1. The van der Waals surface area contributed by atoms with Crippen LogP contribution < -0.4 is 5.32 Å². The third kappa shape index (κ3) is 5.47. The second-order valence-electron chi connectivity index (χ2n) is 5.42. The second kappa shape index (κ2) is 8.84. The molecule has 1 amide bonds. The summed E-state index contributed by atoms with van der Waals surface area (Å²) in [5, 5.41) is 2.43. The van der Waals surface area contributed by atoms with Gasteiger partial charge >= 0.3 is 5.97 Å². The number of rotatable bonds is 6. The molecule has 0 heterocycles. The highest BCUT2D eigenvalue weighted by molar-refractivity contribution is 5.89. The van der Waals surface area contributed by atoms with E-state index in [1.807, 2.05) is 0 Å². The van der Waals surface area contributed by atoms with Gasteiger partial charge in [0.25, 0.3) is 5.91 Å². The van der Waals surface area contributed by atoms with Gasteiger partial charge in [-0.3, -0.25) is 4.79 Å². The van der Waals surface area contributed by atoms with Gasteiger partial charge in [-0.15, -0.1) is 0 Å². The van der Waals surface area contributed by atoms with Crippen LogP contribution in [-0.2, 0) is 14.3 Å². The Morgan fingerprint density at radius 2 is 1.85 bits per heavy atom. The molecule has 0 aromatic heterocycles. The van der Waals surface area contributed by atoms with Gasteiger partial charge in [-0.05, 0) is 25.1 Å². The van der Waals surface area contributed by atoms with Gasteiger partial charge in [0.15, 0.2) is 6.61 Å². The zero-order valence-electron chi connectivity index (χ0n) is 13.8. The summed E-state index contributed by atoms with van der Waals surface area (Å²) in [7, 11) is 0. The van der Waals surface area contributed by atoms with E-state index in [4.69, 9.17) is 4.74 Å². The first-order valence-electron chi connectivity index (χ1n) is 7.70. The lowest BCUT2D eigenvalue weighted by Crippen LogP contribution is -2.31. The number of halogens is 3. The van der Waals surface area contributed by atoms with Crippen LogP contribution in [0.3, 0.4) is 0 Å². The zero-order chi connectivity index (χ0) is 19.1. The SMILES string of the molecule is C[C@H](NC(=O)COC(=O)/C=C/c1ccccc1F)c1ccc(F)cc1F. The fourth-order valence-electron chi connectivity index (χ4n) is 2.17. The van der Waals surface area contributed by atoms with E-state index in [2.05, 4.69) is 5.32 Å². The Morgan fingerprint density at radius 1 is 1.12 bits per heavy atom. The number of esters is 1. The summed E-state index contributed by atoms with van der Waals surface area (Å²) in [5.74, 6) is -3.50. The minimum absolute atomic E-state index is 0.102. The minimum Gasteiger partial charge on any atom is -0.452 e. The maximum Gasteiger partial charge on any atom is 0.331 e. The van der Waals surface area contributed by atoms with Crippen LogP contribution in [0.15, 0.2) is 48.5 Å². The Hall–Kier alpha value is -3.09. The quantitative estimate of drug-likeness (QED) is 0.631. The van der Waals surface area contributed by atoms with Crippen molar-refractivity contribution in [3.8, 4) is 0 Å². The predicted molar refractivity (Wildman–Crippen MR) is 89.3 cm³/mol. The molecule has 2 rings (SSSR count). The Morgan fingerprint density at radius 3 is 2.54 bits per heavy atom. The average molecular weight is 363 g/mol. The topological polar surface area (TPSA) is 55.4 Å². The van der Waals surface area contributed by atoms with Gasteiger partial charge in [0.1, 0.15) is 17.5 Å². The summed E-state index contributed by atoms with van der Waals surface area (Å²) >= 11 is 0. The average Bonchev–Trinajstić information content (AvgIpc) is 2.59. The number of ether oxygens (including phenoxy) is 1. The van der Waals surface area contributed by atoms with E-state index in [9.17, 15) is 22.8 Å². The standard InChI is InChI=1S/C19H16F3NO3/c1-12(15-8-7-14(20)10-17(15)22)23-18(24)11-26-19(25)9-6-13-4-2-3-5-16(13)21/h2-10,12H,11H2,1H3,(H,23,24)/b9-6+/t12-/m0/s1. The lowest BCUT2D eigenvalue weighted by Gasteiger charge is -2.15. The molecule has 0 aliphatic heterocycles. The van der Waals surface area contributed by atoms with Crippen molar-refractivity contribution in [2.45, 2.75) is 13.0 Å². The predicted octanol–water partition coefficient (Wildman–Crippen LogP) is 3.54. The molecule has 0 saturated heterocycles. The monoisotopic (exact) mass is 363 g/mol. The molecule has 136 valence electrons. The Bertz CT molecular complexity index is 837. The van der Waals surface area contributed by atoms with Crippen molar-refractivity contribution in [2.24, 2.45) is 0 Å². The van der Waals surface area contributed by atoms with Crippen LogP contribution in [0, 0.1) is 17.5 Å². The van der Waals surface area contributed by atoms with Crippen LogP contribution in [0.5, 0.6) is 0 Å². The van der Waals surface area contributed by atoms with Crippen molar-refractivity contribution in [1.29, 1.82) is 0 Å². The summed E-state index contributed by atoms with van der Waals surface area (Å²) in [5.41, 5.74) is 0.305. The molecule has 2 aromatic carbocycles. The number of carbonyl (C=O) groups is 2. The number of nitrogens with one attached hydrogen (secondary N) is 1. The van der Waals surface area contributed by atoms with E-state index >= 15 is 0 Å². The third-order valence-corrected chi connectivity index (χ3v) is 3.46. The van der Waals surface area contributed by atoms with Gasteiger partial charge < -0.3 is 10.1 Å². The Kier molecular flexibility index (Phi) is 6.54. The van der Waals surface area contributed by atoms with Gasteiger partial charge in [-0.2, -0.15) is 0 Å². The first kappa shape index (κ1) is 19.2. The molecule has 0 aliphatic rings. The normalized spacial score (nSPS) is 12.0. The first-order chi connectivity index (χ1) is 12.4. The smallest absolute Gasteiger partial charge is 0.331 e. The van der Waals surface area contributed by atoms with E-state index in [0.29, 0.717) is 6.07 Å². The molecule has 0 aliphatic carbocycles. The summed E-state index contributed by atoms with van der Waals surface area (Å²) < 4.78 is 44.7. The molecule has 2 aromatic rings. The molecule has 7 heteroatoms. The highest BCUT2D eigenvalue weighted by Gasteiger charge is 2.15. The summed E-state index contributed by atoms with van der Waals surface area (Å²) in [6.45, 7) is 0.918. The zero-order valence-corrected chi connectivity index (χ0v) is 13.8. The molecule has 4 nitrogen and oxygen atoms in total. The molecular formula is C19H16F3NO3. The van der Waals surface area contributed by atoms with Crippen LogP contribution in [-0.4, -0.2) is 18.5 Å². The summed E-state index contributed by atoms with van der Waals surface area (Å²) in [6.07, 6.45) is 2.22. The highest BCUT2D eigenvalue weighted by atomic mass is 19.1. The maximum absolute atomic E-state index is 13.6. The lowest BCUT2D eigenvalue weighted by molar-refractivity contribution is -0.144. The number of hydrogen-bond donors (Lipinski definition) is 1. The minimum atomic E-state index is -0.830. The van der Waals surface area contributed by atoms with E-state index in [0.717, 1.165) is 12.1 Å². The number of carbonyl (C=O) groups excluding carboxylic acids is 2. The van der Waals surface area contributed by atoms with Crippen molar-refractivity contribution in [1.82, 2.24) is 5.32 Å². The Labute approximate surface area is 148 Å². The highest BCUT2D eigenvalue weighted by Crippen LogP contribution is 2.17. The van der Waals surface area contributed by atoms with E-state index < -0.39 is 42.0 Å². The summed E-state index contributed by atoms with van der Waals surface area (Å²) in [6, 6.07) is 8.12. The maximum atomic E-state index is 13.6. The molecule has 0 radical (unpaired) electrons. The van der Waals surface area contributed by atoms with Crippen LogP contribution in [0.4, 0.5) is 13.2 Å². The van der Waals surface area contributed by atoms with Crippen molar-refractivity contribution in [3.05, 3.63) is 77.1 Å². The van der Waals surface area contributed by atoms with Crippen LogP contribution >= 0.6 is 0 Å². The van der Waals surface area contributed by atoms with E-state index in [1.165, 1.54) is 37.3 Å². The van der Waals surface area contributed by atoms with Crippen molar-refractivity contribution < 1.29 is 27.5 Å². The molecule has 0 bridgehead atoms. The van der Waals surface area contributed by atoms with Crippen molar-refractivity contribution in [3.63, 3.8) is 0 Å². The summed E-state index contributed by atoms with van der Waals surface area (Å²) in [4.78, 5) is 23.3. The number of amides is 1. The fourth-order valence-corrected chi connectivity index (χ4v) is 2.17.